The molecule has 0 fully saturated rings. The van der Waals surface area contributed by atoms with Crippen molar-refractivity contribution in [2.45, 2.75) is 25.9 Å². The van der Waals surface area contributed by atoms with Gasteiger partial charge in [0.05, 0.1) is 5.56 Å². The molecule has 3 aromatic carbocycles. The van der Waals surface area contributed by atoms with Crippen LogP contribution < -0.4 is 10.2 Å². The number of nitrogens with one attached hydrogen (secondary N) is 1. The SMILES string of the molecule is CC1Cc2ccc(CNC(=O)c3ccccc3Br)cc2N1C(=O)c1ccccc1. The normalized spacial score (nSPS) is 15.1. The molecule has 4 rings (SSSR count). The first kappa shape index (κ1) is 19.4. The average Bonchev–Trinajstić information content (AvgIpc) is 3.07. The summed E-state index contributed by atoms with van der Waals surface area (Å²) in [4.78, 5) is 27.4. The molecule has 1 aliphatic rings. The highest BCUT2D eigenvalue weighted by molar-refractivity contribution is 9.10. The van der Waals surface area contributed by atoms with E-state index in [1.54, 1.807) is 6.07 Å². The summed E-state index contributed by atoms with van der Waals surface area (Å²) < 4.78 is 0.764. The van der Waals surface area contributed by atoms with Crippen molar-refractivity contribution in [3.05, 3.63) is 99.5 Å². The van der Waals surface area contributed by atoms with Gasteiger partial charge in [0.2, 0.25) is 0 Å². The van der Waals surface area contributed by atoms with Crippen molar-refractivity contribution < 1.29 is 9.59 Å². The van der Waals surface area contributed by atoms with E-state index in [9.17, 15) is 9.59 Å². The maximum Gasteiger partial charge on any atom is 0.258 e. The number of anilines is 1. The molecule has 1 heterocycles. The summed E-state index contributed by atoms with van der Waals surface area (Å²) in [7, 11) is 0. The Morgan fingerprint density at radius 2 is 1.76 bits per heavy atom. The molecule has 146 valence electrons. The number of benzene rings is 3. The first-order valence-electron chi connectivity index (χ1n) is 9.57. The fourth-order valence-electron chi connectivity index (χ4n) is 3.72. The van der Waals surface area contributed by atoms with Crippen LogP contribution in [0.3, 0.4) is 0 Å². The number of amides is 2. The van der Waals surface area contributed by atoms with Crippen LogP contribution in [0.5, 0.6) is 0 Å². The number of carbonyl (C=O) groups is 2. The van der Waals surface area contributed by atoms with Gasteiger partial charge in [0.15, 0.2) is 0 Å². The first-order valence-corrected chi connectivity index (χ1v) is 10.4. The Hall–Kier alpha value is -2.92. The molecule has 3 aromatic rings. The van der Waals surface area contributed by atoms with E-state index in [-0.39, 0.29) is 17.9 Å². The van der Waals surface area contributed by atoms with E-state index in [4.69, 9.17) is 0 Å². The molecular weight excluding hydrogens is 428 g/mol. The summed E-state index contributed by atoms with van der Waals surface area (Å²) in [5.41, 5.74) is 4.33. The summed E-state index contributed by atoms with van der Waals surface area (Å²) in [6.07, 6.45) is 0.831. The predicted molar refractivity (Wildman–Crippen MR) is 118 cm³/mol. The third-order valence-corrected chi connectivity index (χ3v) is 5.87. The molecule has 0 saturated heterocycles. The van der Waals surface area contributed by atoms with Crippen LogP contribution in [0.15, 0.2) is 77.3 Å². The molecule has 0 saturated carbocycles. The number of halogens is 1. The van der Waals surface area contributed by atoms with Gasteiger partial charge in [0.1, 0.15) is 0 Å². The standard InChI is InChI=1S/C24H21BrN2O2/c1-16-13-19-12-11-17(15-26-23(28)20-9-5-6-10-21(20)25)14-22(19)27(16)24(29)18-7-3-2-4-8-18/h2-12,14,16H,13,15H2,1H3,(H,26,28). The van der Waals surface area contributed by atoms with E-state index in [2.05, 4.69) is 34.2 Å². The van der Waals surface area contributed by atoms with Crippen molar-refractivity contribution in [2.75, 3.05) is 4.90 Å². The van der Waals surface area contributed by atoms with E-state index >= 15 is 0 Å². The minimum Gasteiger partial charge on any atom is -0.348 e. The van der Waals surface area contributed by atoms with Gasteiger partial charge in [-0.05, 0) is 70.7 Å². The average molecular weight is 449 g/mol. The van der Waals surface area contributed by atoms with E-state index in [0.717, 1.165) is 27.7 Å². The quantitative estimate of drug-likeness (QED) is 0.612. The van der Waals surface area contributed by atoms with Crippen LogP contribution in [0, 0.1) is 0 Å². The molecule has 0 radical (unpaired) electrons. The van der Waals surface area contributed by atoms with Gasteiger partial charge in [-0.25, -0.2) is 0 Å². The summed E-state index contributed by atoms with van der Waals surface area (Å²) in [5, 5.41) is 2.96. The molecule has 1 unspecified atom stereocenters. The number of hydrogen-bond acceptors (Lipinski definition) is 2. The summed E-state index contributed by atoms with van der Waals surface area (Å²) in [6.45, 7) is 2.46. The van der Waals surface area contributed by atoms with Crippen molar-refractivity contribution >= 4 is 33.4 Å². The van der Waals surface area contributed by atoms with Crippen LogP contribution in [0.25, 0.3) is 0 Å². The van der Waals surface area contributed by atoms with Crippen LogP contribution in [-0.4, -0.2) is 17.9 Å². The van der Waals surface area contributed by atoms with Crippen LogP contribution in [-0.2, 0) is 13.0 Å². The Balaban J connectivity index is 1.54. The third-order valence-electron chi connectivity index (χ3n) is 5.18. The van der Waals surface area contributed by atoms with Gasteiger partial charge in [0.25, 0.3) is 11.8 Å². The van der Waals surface area contributed by atoms with Gasteiger partial charge in [0, 0.05) is 28.3 Å². The number of carbonyl (C=O) groups excluding carboxylic acids is 2. The van der Waals surface area contributed by atoms with Gasteiger partial charge in [-0.1, -0.05) is 42.5 Å². The Labute approximate surface area is 178 Å². The Morgan fingerprint density at radius 1 is 1.03 bits per heavy atom. The molecule has 1 aliphatic heterocycles. The molecule has 0 aliphatic carbocycles. The molecule has 0 aromatic heterocycles. The summed E-state index contributed by atoms with van der Waals surface area (Å²) in [5.74, 6) is -0.130. The zero-order valence-electron chi connectivity index (χ0n) is 16.1. The lowest BCUT2D eigenvalue weighted by Gasteiger charge is -2.23. The molecule has 4 nitrogen and oxygen atoms in total. The maximum atomic E-state index is 13.1. The monoisotopic (exact) mass is 448 g/mol. The Morgan fingerprint density at radius 3 is 2.52 bits per heavy atom. The molecule has 29 heavy (non-hydrogen) atoms. The zero-order chi connectivity index (χ0) is 20.4. The second kappa shape index (κ2) is 8.21. The number of nitrogens with zero attached hydrogens (tertiary/aromatic N) is 1. The van der Waals surface area contributed by atoms with E-state index in [1.165, 1.54) is 0 Å². The first-order chi connectivity index (χ1) is 14.0. The van der Waals surface area contributed by atoms with Gasteiger partial charge in [-0.2, -0.15) is 0 Å². The van der Waals surface area contributed by atoms with Crippen molar-refractivity contribution in [1.82, 2.24) is 5.32 Å². The smallest absolute Gasteiger partial charge is 0.258 e. The van der Waals surface area contributed by atoms with Gasteiger partial charge in [-0.15, -0.1) is 0 Å². The lowest BCUT2D eigenvalue weighted by Crippen LogP contribution is -2.35. The van der Waals surface area contributed by atoms with Crippen molar-refractivity contribution in [3.8, 4) is 0 Å². The highest BCUT2D eigenvalue weighted by Crippen LogP contribution is 2.34. The molecule has 1 atom stereocenters. The fourth-order valence-corrected chi connectivity index (χ4v) is 4.18. The number of rotatable bonds is 4. The van der Waals surface area contributed by atoms with E-state index in [1.807, 2.05) is 65.6 Å². The topological polar surface area (TPSA) is 49.4 Å². The summed E-state index contributed by atoms with van der Waals surface area (Å²) >= 11 is 3.41. The lowest BCUT2D eigenvalue weighted by atomic mass is 10.1. The second-order valence-corrected chi connectivity index (χ2v) is 8.07. The van der Waals surface area contributed by atoms with Gasteiger partial charge >= 0.3 is 0 Å². The molecule has 0 spiro atoms. The van der Waals surface area contributed by atoms with Crippen LogP contribution in [0.2, 0.25) is 0 Å². The zero-order valence-corrected chi connectivity index (χ0v) is 17.6. The van der Waals surface area contributed by atoms with E-state index < -0.39 is 0 Å². The minimum absolute atomic E-state index is 0.00579. The molecule has 2 amide bonds. The fraction of sp³-hybridized carbons (Fsp3) is 0.167. The molecule has 0 bridgehead atoms. The van der Waals surface area contributed by atoms with Crippen LogP contribution in [0.4, 0.5) is 5.69 Å². The molecule has 1 N–H and O–H groups in total. The maximum absolute atomic E-state index is 13.1. The predicted octanol–water partition coefficient (Wildman–Crippen LogP) is 4.97. The van der Waals surface area contributed by atoms with Crippen molar-refractivity contribution in [3.63, 3.8) is 0 Å². The number of hydrogen-bond donors (Lipinski definition) is 1. The lowest BCUT2D eigenvalue weighted by molar-refractivity contribution is 0.0948. The Kier molecular flexibility index (Phi) is 5.49. The Bertz CT molecular complexity index is 1070. The second-order valence-electron chi connectivity index (χ2n) is 7.22. The molecular formula is C24H21BrN2O2. The van der Waals surface area contributed by atoms with Crippen LogP contribution >= 0.6 is 15.9 Å². The largest absolute Gasteiger partial charge is 0.348 e. The minimum atomic E-state index is -0.136. The summed E-state index contributed by atoms with van der Waals surface area (Å²) in [6, 6.07) is 22.9. The van der Waals surface area contributed by atoms with Gasteiger partial charge in [-0.3, -0.25) is 9.59 Å². The van der Waals surface area contributed by atoms with Gasteiger partial charge < -0.3 is 10.2 Å². The molecule has 5 heteroatoms. The van der Waals surface area contributed by atoms with Crippen LogP contribution in [0.1, 0.15) is 38.8 Å². The highest BCUT2D eigenvalue weighted by atomic mass is 79.9. The van der Waals surface area contributed by atoms with Crippen molar-refractivity contribution in [2.24, 2.45) is 0 Å². The van der Waals surface area contributed by atoms with E-state index in [0.29, 0.717) is 17.7 Å². The number of fused-ring (bicyclic) bond motifs is 1. The van der Waals surface area contributed by atoms with Crippen molar-refractivity contribution in [1.29, 1.82) is 0 Å². The highest BCUT2D eigenvalue weighted by Gasteiger charge is 2.31. The third kappa shape index (κ3) is 3.96.